The van der Waals surface area contributed by atoms with E-state index in [9.17, 15) is 4.39 Å². The van der Waals surface area contributed by atoms with Crippen LogP contribution in [0.4, 0.5) is 4.39 Å². The van der Waals surface area contributed by atoms with Gasteiger partial charge in [0, 0.05) is 19.2 Å². The number of unbranched alkanes of at least 4 members (excludes halogenated alkanes) is 1. The van der Waals surface area contributed by atoms with Crippen molar-refractivity contribution in [2.45, 2.75) is 18.9 Å². The fraction of sp³-hybridized carbons (Fsp3) is 0.500. The zero-order chi connectivity index (χ0) is 12.7. The summed E-state index contributed by atoms with van der Waals surface area (Å²) in [6.45, 7) is 1.32. The third-order valence-electron chi connectivity index (χ3n) is 2.56. The van der Waals surface area contributed by atoms with Crippen LogP contribution in [0.15, 0.2) is 18.2 Å². The van der Waals surface area contributed by atoms with Crippen LogP contribution in [-0.2, 0) is 0 Å². The first-order valence-electron chi connectivity index (χ1n) is 5.68. The molecule has 0 saturated carbocycles. The van der Waals surface area contributed by atoms with Crippen LogP contribution in [-0.4, -0.2) is 24.8 Å². The smallest absolute Gasteiger partial charge is 0.142 e. The Balaban J connectivity index is 2.56. The van der Waals surface area contributed by atoms with Crippen LogP contribution in [0.2, 0.25) is 5.02 Å². The number of hydrogen-bond donors (Lipinski definition) is 3. The summed E-state index contributed by atoms with van der Waals surface area (Å²) in [5.41, 5.74) is 6.43. The molecule has 0 radical (unpaired) electrons. The Bertz CT molecular complexity index is 349. The van der Waals surface area contributed by atoms with E-state index in [0.717, 1.165) is 24.9 Å². The maximum atomic E-state index is 13.3. The summed E-state index contributed by atoms with van der Waals surface area (Å²) < 4.78 is 13.3. The second-order valence-corrected chi connectivity index (χ2v) is 4.25. The van der Waals surface area contributed by atoms with Crippen LogP contribution >= 0.6 is 11.6 Å². The molecule has 1 aromatic carbocycles. The number of benzene rings is 1. The SMILES string of the molecule is NCC(NCCCCO)c1ccc(Cl)c(F)c1. The van der Waals surface area contributed by atoms with Gasteiger partial charge in [0.2, 0.25) is 0 Å². The molecular weight excluding hydrogens is 243 g/mol. The normalized spacial score (nSPS) is 12.7. The predicted molar refractivity (Wildman–Crippen MR) is 67.5 cm³/mol. The quantitative estimate of drug-likeness (QED) is 0.656. The molecule has 17 heavy (non-hydrogen) atoms. The van der Waals surface area contributed by atoms with E-state index in [4.69, 9.17) is 22.4 Å². The van der Waals surface area contributed by atoms with Crippen LogP contribution in [0, 0.1) is 5.82 Å². The van der Waals surface area contributed by atoms with Crippen LogP contribution in [0.25, 0.3) is 0 Å². The highest BCUT2D eigenvalue weighted by Crippen LogP contribution is 2.19. The number of hydrogen-bond acceptors (Lipinski definition) is 3. The number of aliphatic hydroxyl groups excluding tert-OH is 1. The van der Waals surface area contributed by atoms with Crippen molar-refractivity contribution in [1.29, 1.82) is 0 Å². The number of halogens is 2. The highest BCUT2D eigenvalue weighted by atomic mass is 35.5. The monoisotopic (exact) mass is 260 g/mol. The summed E-state index contributed by atoms with van der Waals surface area (Å²) in [5, 5.41) is 12.0. The molecule has 1 unspecified atom stereocenters. The molecule has 0 aliphatic heterocycles. The zero-order valence-corrected chi connectivity index (χ0v) is 10.4. The van der Waals surface area contributed by atoms with Gasteiger partial charge in [0.1, 0.15) is 5.82 Å². The molecule has 1 aromatic rings. The highest BCUT2D eigenvalue weighted by Gasteiger charge is 2.10. The topological polar surface area (TPSA) is 58.3 Å². The molecule has 0 aliphatic rings. The van der Waals surface area contributed by atoms with Crippen molar-refractivity contribution in [3.8, 4) is 0 Å². The van der Waals surface area contributed by atoms with Crippen LogP contribution in [0.5, 0.6) is 0 Å². The van der Waals surface area contributed by atoms with E-state index in [-0.39, 0.29) is 17.7 Å². The van der Waals surface area contributed by atoms with E-state index < -0.39 is 5.82 Å². The molecule has 0 amide bonds. The Morgan fingerprint density at radius 3 is 2.76 bits per heavy atom. The van der Waals surface area contributed by atoms with Gasteiger partial charge in [0.25, 0.3) is 0 Å². The first-order valence-corrected chi connectivity index (χ1v) is 6.06. The first-order chi connectivity index (χ1) is 8.19. The maximum Gasteiger partial charge on any atom is 0.142 e. The lowest BCUT2D eigenvalue weighted by atomic mass is 10.1. The number of aliphatic hydroxyl groups is 1. The lowest BCUT2D eigenvalue weighted by molar-refractivity contribution is 0.282. The van der Waals surface area contributed by atoms with Gasteiger partial charge in [0.05, 0.1) is 5.02 Å². The van der Waals surface area contributed by atoms with Crippen molar-refractivity contribution in [3.63, 3.8) is 0 Å². The Labute approximate surface area is 106 Å². The standard InChI is InChI=1S/C12H18ClFN2O/c13-10-4-3-9(7-11(10)14)12(8-15)16-5-1-2-6-17/h3-4,7,12,16-17H,1-2,5-6,8,15H2. The third kappa shape index (κ3) is 4.60. The highest BCUT2D eigenvalue weighted by molar-refractivity contribution is 6.30. The van der Waals surface area contributed by atoms with Gasteiger partial charge < -0.3 is 16.2 Å². The van der Waals surface area contributed by atoms with Gasteiger partial charge in [0.15, 0.2) is 0 Å². The number of nitrogens with one attached hydrogen (secondary N) is 1. The van der Waals surface area contributed by atoms with Gasteiger partial charge in [-0.1, -0.05) is 17.7 Å². The van der Waals surface area contributed by atoms with E-state index in [2.05, 4.69) is 5.32 Å². The maximum absolute atomic E-state index is 13.3. The van der Waals surface area contributed by atoms with Crippen molar-refractivity contribution in [3.05, 3.63) is 34.6 Å². The summed E-state index contributed by atoms with van der Waals surface area (Å²) in [5.74, 6) is -0.431. The predicted octanol–water partition coefficient (Wildman–Crippen LogP) is 1.84. The fourth-order valence-electron chi connectivity index (χ4n) is 1.58. The fourth-order valence-corrected chi connectivity index (χ4v) is 1.70. The van der Waals surface area contributed by atoms with E-state index in [1.165, 1.54) is 12.1 Å². The van der Waals surface area contributed by atoms with E-state index >= 15 is 0 Å². The van der Waals surface area contributed by atoms with Crippen molar-refractivity contribution in [1.82, 2.24) is 5.32 Å². The van der Waals surface area contributed by atoms with Crippen LogP contribution in [0.3, 0.4) is 0 Å². The van der Waals surface area contributed by atoms with Gasteiger partial charge in [-0.25, -0.2) is 4.39 Å². The van der Waals surface area contributed by atoms with Crippen molar-refractivity contribution in [2.24, 2.45) is 5.73 Å². The lowest BCUT2D eigenvalue weighted by Gasteiger charge is -2.17. The largest absolute Gasteiger partial charge is 0.396 e. The Morgan fingerprint density at radius 2 is 2.18 bits per heavy atom. The van der Waals surface area contributed by atoms with E-state index in [0.29, 0.717) is 6.54 Å². The van der Waals surface area contributed by atoms with Crippen molar-refractivity contribution >= 4 is 11.6 Å². The lowest BCUT2D eigenvalue weighted by Crippen LogP contribution is -2.29. The van der Waals surface area contributed by atoms with Crippen LogP contribution < -0.4 is 11.1 Å². The molecule has 4 N–H and O–H groups in total. The molecule has 0 bridgehead atoms. The van der Waals surface area contributed by atoms with Gasteiger partial charge in [-0.05, 0) is 37.1 Å². The molecule has 1 rings (SSSR count). The van der Waals surface area contributed by atoms with Gasteiger partial charge in [-0.2, -0.15) is 0 Å². The van der Waals surface area contributed by atoms with E-state index in [1.54, 1.807) is 6.07 Å². The molecule has 0 aliphatic carbocycles. The summed E-state index contributed by atoms with van der Waals surface area (Å²) in [7, 11) is 0. The zero-order valence-electron chi connectivity index (χ0n) is 9.63. The minimum atomic E-state index is -0.431. The number of rotatable bonds is 7. The minimum absolute atomic E-state index is 0.0829. The van der Waals surface area contributed by atoms with Crippen molar-refractivity contribution < 1.29 is 9.50 Å². The molecule has 0 fully saturated rings. The first kappa shape index (κ1) is 14.4. The average Bonchev–Trinajstić information content (AvgIpc) is 2.33. The summed E-state index contributed by atoms with van der Waals surface area (Å²) in [4.78, 5) is 0. The number of nitrogens with two attached hydrogens (primary N) is 1. The Morgan fingerprint density at radius 1 is 1.41 bits per heavy atom. The Kier molecular flexibility index (Phi) is 6.44. The molecule has 0 spiro atoms. The van der Waals surface area contributed by atoms with Gasteiger partial charge >= 0.3 is 0 Å². The summed E-state index contributed by atoms with van der Waals surface area (Å²) >= 11 is 5.62. The molecule has 0 heterocycles. The van der Waals surface area contributed by atoms with Crippen LogP contribution in [0.1, 0.15) is 24.4 Å². The third-order valence-corrected chi connectivity index (χ3v) is 2.86. The molecule has 1 atom stereocenters. The summed E-state index contributed by atoms with van der Waals surface area (Å²) in [6.07, 6.45) is 1.61. The molecular formula is C12H18ClFN2O. The van der Waals surface area contributed by atoms with E-state index in [1.807, 2.05) is 0 Å². The molecule has 3 nitrogen and oxygen atoms in total. The molecule has 5 heteroatoms. The molecule has 0 saturated heterocycles. The molecule has 96 valence electrons. The molecule has 0 aromatic heterocycles. The van der Waals surface area contributed by atoms with Gasteiger partial charge in [-0.15, -0.1) is 0 Å². The Hall–Kier alpha value is -0.680. The van der Waals surface area contributed by atoms with Crippen molar-refractivity contribution in [2.75, 3.05) is 19.7 Å². The minimum Gasteiger partial charge on any atom is -0.396 e. The summed E-state index contributed by atoms with van der Waals surface area (Å²) in [6, 6.07) is 4.62. The second kappa shape index (κ2) is 7.61. The average molecular weight is 261 g/mol. The van der Waals surface area contributed by atoms with Gasteiger partial charge in [-0.3, -0.25) is 0 Å². The second-order valence-electron chi connectivity index (χ2n) is 3.85.